The molecule has 0 aliphatic carbocycles. The van der Waals surface area contributed by atoms with Crippen molar-refractivity contribution >= 4 is 57.5 Å². The van der Waals surface area contributed by atoms with Crippen LogP contribution in [0.25, 0.3) is 0 Å². The zero-order valence-corrected chi connectivity index (χ0v) is 27.6. The predicted molar refractivity (Wildman–Crippen MR) is 175 cm³/mol. The third-order valence-corrected chi connectivity index (χ3v) is 8.97. The monoisotopic (exact) mass is 680 g/mol. The molecular weight excluding hydrogens is 649 g/mol. The van der Waals surface area contributed by atoms with Gasteiger partial charge in [0, 0.05) is 17.7 Å². The second kappa shape index (κ2) is 16.0. The maximum atomic E-state index is 13.4. The molecule has 47 heavy (non-hydrogen) atoms. The van der Waals surface area contributed by atoms with E-state index in [1.165, 1.54) is 24.3 Å². The molecule has 0 radical (unpaired) electrons. The van der Waals surface area contributed by atoms with Crippen LogP contribution in [0.3, 0.4) is 0 Å². The van der Waals surface area contributed by atoms with E-state index < -0.39 is 33.9 Å². The zero-order chi connectivity index (χ0) is 34.1. The van der Waals surface area contributed by atoms with E-state index in [-0.39, 0.29) is 46.5 Å². The summed E-state index contributed by atoms with van der Waals surface area (Å²) in [5.74, 6) is -1.78. The first-order valence-corrected chi connectivity index (χ1v) is 16.2. The highest BCUT2D eigenvalue weighted by Crippen LogP contribution is 2.35. The summed E-state index contributed by atoms with van der Waals surface area (Å²) in [6.45, 7) is 7.17. The van der Waals surface area contributed by atoms with Crippen LogP contribution in [0.1, 0.15) is 68.1 Å². The van der Waals surface area contributed by atoms with E-state index in [4.69, 9.17) is 9.47 Å². The number of nitrogens with one attached hydrogen (secondary N) is 2. The minimum absolute atomic E-state index is 0.00913. The van der Waals surface area contributed by atoms with Crippen LogP contribution in [-0.2, 0) is 27.4 Å². The number of ether oxygens (including phenoxy) is 2. The van der Waals surface area contributed by atoms with E-state index in [2.05, 4.69) is 20.8 Å². The molecule has 4 aromatic rings. The molecule has 4 rings (SSSR count). The van der Waals surface area contributed by atoms with Gasteiger partial charge in [-0.2, -0.15) is 0 Å². The number of hydrogen-bond acceptors (Lipinski definition) is 12. The molecule has 2 aromatic heterocycles. The summed E-state index contributed by atoms with van der Waals surface area (Å²) in [7, 11) is 0. The van der Waals surface area contributed by atoms with E-state index in [9.17, 15) is 29.3 Å². The molecule has 0 aliphatic rings. The molecule has 16 heteroatoms. The highest BCUT2D eigenvalue weighted by atomic mass is 32.2. The van der Waals surface area contributed by atoms with E-state index in [1.807, 2.05) is 30.3 Å². The number of nitro benzene ring substituents is 1. The maximum Gasteiger partial charge on any atom is 0.348 e. The molecule has 0 aliphatic heterocycles. The molecular formula is C31H32N6O8S2. The summed E-state index contributed by atoms with van der Waals surface area (Å²) in [6.07, 6.45) is 0. The molecule has 0 spiro atoms. The van der Waals surface area contributed by atoms with Crippen molar-refractivity contribution in [2.45, 2.75) is 51.2 Å². The van der Waals surface area contributed by atoms with Gasteiger partial charge in [0.2, 0.25) is 5.91 Å². The molecule has 0 saturated carbocycles. The Kier molecular flexibility index (Phi) is 11.8. The number of thioether (sulfide) groups is 1. The smallest absolute Gasteiger partial charge is 0.348 e. The summed E-state index contributed by atoms with van der Waals surface area (Å²) in [5, 5.41) is 24.9. The van der Waals surface area contributed by atoms with Crippen molar-refractivity contribution in [2.75, 3.05) is 18.5 Å². The lowest BCUT2D eigenvalue weighted by atomic mass is 10.1. The Balaban J connectivity index is 1.54. The molecule has 14 nitrogen and oxygen atoms in total. The van der Waals surface area contributed by atoms with Crippen molar-refractivity contribution in [2.24, 2.45) is 0 Å². The largest absolute Gasteiger partial charge is 0.462 e. The topological polar surface area (TPSA) is 185 Å². The minimum Gasteiger partial charge on any atom is -0.462 e. The van der Waals surface area contributed by atoms with Crippen LogP contribution in [0.15, 0.2) is 59.8 Å². The standard InChI is InChI=1S/C31H32N6O8S2/c1-5-44-29(40)24-18(3)25(30(41)45-6-2)47-28(24)33-26(38)19(4)46-31-35-34-23(36(31)17-20-10-8-7-9-11-20)16-32-27(39)21-12-14-22(15-13-21)37(42)43/h7-15,19H,5-6,16-17H2,1-4H3,(H,32,39)(H,33,38). The van der Waals surface area contributed by atoms with Crippen LogP contribution < -0.4 is 10.6 Å². The van der Waals surface area contributed by atoms with Crippen LogP contribution in [0.4, 0.5) is 10.7 Å². The summed E-state index contributed by atoms with van der Waals surface area (Å²) in [5.41, 5.74) is 1.47. The van der Waals surface area contributed by atoms with Crippen molar-refractivity contribution in [1.29, 1.82) is 0 Å². The van der Waals surface area contributed by atoms with Gasteiger partial charge in [0.1, 0.15) is 9.88 Å². The normalized spacial score (nSPS) is 11.4. The summed E-state index contributed by atoms with van der Waals surface area (Å²) in [4.78, 5) is 62.1. The predicted octanol–water partition coefficient (Wildman–Crippen LogP) is 5.01. The number of non-ortho nitro benzene ring substituents is 1. The maximum absolute atomic E-state index is 13.4. The number of carbonyl (C=O) groups is 4. The van der Waals surface area contributed by atoms with Crippen LogP contribution in [0, 0.1) is 17.0 Å². The molecule has 2 aromatic carbocycles. The molecule has 0 bridgehead atoms. The highest BCUT2D eigenvalue weighted by molar-refractivity contribution is 8.00. The Hall–Kier alpha value is -5.09. The van der Waals surface area contributed by atoms with Gasteiger partial charge in [-0.3, -0.25) is 19.7 Å². The van der Waals surface area contributed by atoms with Crippen molar-refractivity contribution in [3.8, 4) is 0 Å². The third-order valence-electron chi connectivity index (χ3n) is 6.70. The Bertz CT molecular complexity index is 1770. The average Bonchev–Trinajstić information content (AvgIpc) is 3.59. The van der Waals surface area contributed by atoms with Gasteiger partial charge in [-0.15, -0.1) is 21.5 Å². The molecule has 1 atom stereocenters. The fourth-order valence-electron chi connectivity index (χ4n) is 4.32. The Labute approximate surface area is 278 Å². The average molecular weight is 681 g/mol. The number of nitro groups is 1. The van der Waals surface area contributed by atoms with Crippen molar-refractivity contribution in [3.63, 3.8) is 0 Å². The number of benzene rings is 2. The quantitative estimate of drug-likeness (QED) is 0.0790. The van der Waals surface area contributed by atoms with Gasteiger partial charge < -0.3 is 24.7 Å². The lowest BCUT2D eigenvalue weighted by molar-refractivity contribution is -0.384. The molecule has 0 saturated heterocycles. The SMILES string of the molecule is CCOC(=O)c1sc(NC(=O)C(C)Sc2nnc(CNC(=O)c3ccc([N+](=O)[O-])cc3)n2Cc2ccccc2)c(C(=O)OCC)c1C. The van der Waals surface area contributed by atoms with Crippen LogP contribution in [0.2, 0.25) is 0 Å². The minimum atomic E-state index is -0.736. The van der Waals surface area contributed by atoms with Crippen molar-refractivity contribution in [3.05, 3.63) is 97.7 Å². The van der Waals surface area contributed by atoms with Crippen molar-refractivity contribution in [1.82, 2.24) is 20.1 Å². The first-order valence-electron chi connectivity index (χ1n) is 14.5. The van der Waals surface area contributed by atoms with Gasteiger partial charge in [0.15, 0.2) is 11.0 Å². The van der Waals surface area contributed by atoms with Gasteiger partial charge in [-0.05, 0) is 51.0 Å². The second-order valence-corrected chi connectivity index (χ2v) is 12.2. The van der Waals surface area contributed by atoms with E-state index in [0.717, 1.165) is 28.7 Å². The van der Waals surface area contributed by atoms with Crippen LogP contribution >= 0.6 is 23.1 Å². The molecule has 2 heterocycles. The van der Waals surface area contributed by atoms with Gasteiger partial charge in [-0.1, -0.05) is 42.1 Å². The number of hydrogen-bond donors (Lipinski definition) is 2. The Morgan fingerprint density at radius 2 is 1.66 bits per heavy atom. The number of rotatable bonds is 14. The Morgan fingerprint density at radius 3 is 2.30 bits per heavy atom. The first kappa shape index (κ1) is 34.8. The molecule has 246 valence electrons. The second-order valence-electron chi connectivity index (χ2n) is 9.91. The van der Waals surface area contributed by atoms with Gasteiger partial charge >= 0.3 is 11.9 Å². The van der Waals surface area contributed by atoms with Gasteiger partial charge in [0.05, 0.1) is 42.0 Å². The number of esters is 2. The zero-order valence-electron chi connectivity index (χ0n) is 26.0. The molecule has 2 amide bonds. The third kappa shape index (κ3) is 8.59. The first-order chi connectivity index (χ1) is 22.5. The number of carbonyl (C=O) groups excluding carboxylic acids is 4. The highest BCUT2D eigenvalue weighted by Gasteiger charge is 2.29. The van der Waals surface area contributed by atoms with Gasteiger partial charge in [-0.25, -0.2) is 9.59 Å². The van der Waals surface area contributed by atoms with E-state index in [1.54, 1.807) is 32.3 Å². The number of aromatic nitrogens is 3. The fourth-order valence-corrected chi connectivity index (χ4v) is 6.28. The molecule has 0 fully saturated rings. The van der Waals surface area contributed by atoms with Crippen LogP contribution in [-0.4, -0.2) is 61.9 Å². The summed E-state index contributed by atoms with van der Waals surface area (Å²) < 4.78 is 12.1. The fraction of sp³-hybridized carbons (Fsp3) is 0.290. The summed E-state index contributed by atoms with van der Waals surface area (Å²) in [6, 6.07) is 14.7. The van der Waals surface area contributed by atoms with Crippen molar-refractivity contribution < 1.29 is 33.6 Å². The number of thiophene rings is 1. The van der Waals surface area contributed by atoms with E-state index >= 15 is 0 Å². The lowest BCUT2D eigenvalue weighted by Crippen LogP contribution is -2.25. The number of anilines is 1. The molecule has 1 unspecified atom stereocenters. The van der Waals surface area contributed by atoms with Gasteiger partial charge in [0.25, 0.3) is 11.6 Å². The lowest BCUT2D eigenvalue weighted by Gasteiger charge is -2.14. The summed E-state index contributed by atoms with van der Waals surface area (Å²) >= 11 is 2.06. The number of nitrogens with zero attached hydrogens (tertiary/aromatic N) is 4. The van der Waals surface area contributed by atoms with E-state index in [0.29, 0.717) is 23.1 Å². The Morgan fingerprint density at radius 1 is 1.00 bits per heavy atom. The van der Waals surface area contributed by atoms with Crippen LogP contribution in [0.5, 0.6) is 0 Å². The number of amides is 2. The molecule has 2 N–H and O–H groups in total.